The summed E-state index contributed by atoms with van der Waals surface area (Å²) in [4.78, 5) is 2.30. The van der Waals surface area contributed by atoms with Crippen molar-refractivity contribution in [1.82, 2.24) is 25.3 Å². The molecule has 3 heterocycles. The molecule has 1 aliphatic carbocycles. The lowest BCUT2D eigenvalue weighted by Crippen LogP contribution is -2.44. The Hall–Kier alpha value is -2.06. The normalized spacial score (nSPS) is 22.2. The third-order valence-corrected chi connectivity index (χ3v) is 4.60. The molecule has 24 heavy (non-hydrogen) atoms. The zero-order chi connectivity index (χ0) is 16.2. The summed E-state index contributed by atoms with van der Waals surface area (Å²) in [5, 5.41) is 19.5. The van der Waals surface area contributed by atoms with E-state index in [-0.39, 0.29) is 6.10 Å². The van der Waals surface area contributed by atoms with Crippen molar-refractivity contribution in [3.8, 4) is 0 Å². The quantitative estimate of drug-likeness (QED) is 0.851. The molecular weight excluding hydrogens is 308 g/mol. The van der Waals surface area contributed by atoms with Crippen molar-refractivity contribution in [2.75, 3.05) is 31.6 Å². The fourth-order valence-corrected chi connectivity index (χ4v) is 3.00. The standard InChI is InChI=1S/C16H22N6O2/c1-3-12(4-1)16-21-20-15(24-16)11-22-7-8-23-13(10-22)9-17-14-5-2-6-18-19-14/h2,5-6,12-13H,1,3-4,7-11H2,(H,17,19)/t13-/m1/s1. The second kappa shape index (κ2) is 7.23. The summed E-state index contributed by atoms with van der Waals surface area (Å²) in [5.41, 5.74) is 0. The van der Waals surface area contributed by atoms with Crippen molar-refractivity contribution in [3.63, 3.8) is 0 Å². The minimum Gasteiger partial charge on any atom is -0.424 e. The Bertz CT molecular complexity index is 645. The van der Waals surface area contributed by atoms with Crippen LogP contribution in [0.1, 0.15) is 37.0 Å². The fourth-order valence-electron chi connectivity index (χ4n) is 3.00. The van der Waals surface area contributed by atoms with Crippen LogP contribution in [0.25, 0.3) is 0 Å². The molecule has 0 radical (unpaired) electrons. The smallest absolute Gasteiger partial charge is 0.230 e. The molecule has 4 rings (SSSR count). The lowest BCUT2D eigenvalue weighted by Gasteiger charge is -2.32. The molecule has 0 aromatic carbocycles. The molecular formula is C16H22N6O2. The first-order valence-corrected chi connectivity index (χ1v) is 8.54. The Balaban J connectivity index is 1.27. The maximum atomic E-state index is 5.82. The number of hydrogen-bond acceptors (Lipinski definition) is 8. The third kappa shape index (κ3) is 3.70. The number of ether oxygens (including phenoxy) is 1. The first kappa shape index (κ1) is 15.5. The van der Waals surface area contributed by atoms with Crippen LogP contribution in [-0.4, -0.2) is 57.6 Å². The Morgan fingerprint density at radius 1 is 1.25 bits per heavy atom. The number of nitrogens with zero attached hydrogens (tertiary/aromatic N) is 5. The van der Waals surface area contributed by atoms with Crippen LogP contribution in [0.5, 0.6) is 0 Å². The van der Waals surface area contributed by atoms with Gasteiger partial charge in [-0.15, -0.1) is 15.3 Å². The zero-order valence-corrected chi connectivity index (χ0v) is 13.6. The maximum Gasteiger partial charge on any atom is 0.230 e. The summed E-state index contributed by atoms with van der Waals surface area (Å²) in [5.74, 6) is 2.77. The van der Waals surface area contributed by atoms with Gasteiger partial charge in [0.25, 0.3) is 0 Å². The molecule has 2 aliphatic rings. The van der Waals surface area contributed by atoms with Crippen LogP contribution < -0.4 is 5.32 Å². The van der Waals surface area contributed by atoms with Gasteiger partial charge in [0, 0.05) is 31.7 Å². The van der Waals surface area contributed by atoms with E-state index in [1.165, 1.54) is 19.3 Å². The van der Waals surface area contributed by atoms with Crippen LogP contribution in [0.4, 0.5) is 5.82 Å². The fraction of sp³-hybridized carbons (Fsp3) is 0.625. The van der Waals surface area contributed by atoms with Gasteiger partial charge in [-0.25, -0.2) is 0 Å². The molecule has 0 spiro atoms. The lowest BCUT2D eigenvalue weighted by atomic mass is 9.85. The van der Waals surface area contributed by atoms with Gasteiger partial charge in [0.15, 0.2) is 0 Å². The van der Waals surface area contributed by atoms with Crippen molar-refractivity contribution >= 4 is 5.82 Å². The van der Waals surface area contributed by atoms with Gasteiger partial charge in [-0.1, -0.05) is 6.42 Å². The monoisotopic (exact) mass is 330 g/mol. The maximum absolute atomic E-state index is 5.82. The highest BCUT2D eigenvalue weighted by molar-refractivity contribution is 5.31. The molecule has 0 amide bonds. The van der Waals surface area contributed by atoms with Gasteiger partial charge < -0.3 is 14.5 Å². The minimum absolute atomic E-state index is 0.106. The topological polar surface area (TPSA) is 89.2 Å². The van der Waals surface area contributed by atoms with E-state index in [0.717, 1.165) is 24.8 Å². The number of morpholine rings is 1. The average molecular weight is 330 g/mol. The summed E-state index contributed by atoms with van der Waals surface area (Å²) in [7, 11) is 0. The number of rotatable bonds is 6. The Morgan fingerprint density at radius 2 is 2.21 bits per heavy atom. The molecule has 0 bridgehead atoms. The van der Waals surface area contributed by atoms with Gasteiger partial charge in [0.2, 0.25) is 11.8 Å². The predicted octanol–water partition coefficient (Wildman–Crippen LogP) is 1.44. The molecule has 1 saturated heterocycles. The van der Waals surface area contributed by atoms with Crippen LogP contribution >= 0.6 is 0 Å². The molecule has 2 aromatic heterocycles. The molecule has 1 N–H and O–H groups in total. The van der Waals surface area contributed by atoms with Crippen LogP contribution in [0.15, 0.2) is 22.7 Å². The van der Waals surface area contributed by atoms with Crippen LogP contribution in [-0.2, 0) is 11.3 Å². The molecule has 1 aliphatic heterocycles. The second-order valence-electron chi connectivity index (χ2n) is 6.38. The number of hydrogen-bond donors (Lipinski definition) is 1. The van der Waals surface area contributed by atoms with Crippen LogP contribution in [0, 0.1) is 0 Å². The molecule has 8 heteroatoms. The van der Waals surface area contributed by atoms with E-state index in [9.17, 15) is 0 Å². The Labute approximate surface area is 140 Å². The van der Waals surface area contributed by atoms with Gasteiger partial charge >= 0.3 is 0 Å². The highest BCUT2D eigenvalue weighted by atomic mass is 16.5. The third-order valence-electron chi connectivity index (χ3n) is 4.60. The molecule has 0 unspecified atom stereocenters. The zero-order valence-electron chi connectivity index (χ0n) is 13.6. The molecule has 2 aromatic rings. The number of aromatic nitrogens is 4. The van der Waals surface area contributed by atoms with E-state index in [2.05, 4.69) is 30.6 Å². The summed E-state index contributed by atoms with van der Waals surface area (Å²) >= 11 is 0. The summed E-state index contributed by atoms with van der Waals surface area (Å²) < 4.78 is 11.6. The van der Waals surface area contributed by atoms with Crippen molar-refractivity contribution in [2.45, 2.75) is 37.8 Å². The van der Waals surface area contributed by atoms with Crippen molar-refractivity contribution < 1.29 is 9.15 Å². The summed E-state index contributed by atoms with van der Waals surface area (Å²) in [6, 6.07) is 3.76. The average Bonchev–Trinajstić information content (AvgIpc) is 3.00. The van der Waals surface area contributed by atoms with Gasteiger partial charge in [-0.3, -0.25) is 4.90 Å². The summed E-state index contributed by atoms with van der Waals surface area (Å²) in [6.07, 6.45) is 5.39. The highest BCUT2D eigenvalue weighted by Crippen LogP contribution is 2.35. The van der Waals surface area contributed by atoms with E-state index in [4.69, 9.17) is 9.15 Å². The highest BCUT2D eigenvalue weighted by Gasteiger charge is 2.26. The van der Waals surface area contributed by atoms with E-state index in [1.54, 1.807) is 6.20 Å². The van der Waals surface area contributed by atoms with Crippen molar-refractivity contribution in [2.24, 2.45) is 0 Å². The van der Waals surface area contributed by atoms with E-state index >= 15 is 0 Å². The number of nitrogens with one attached hydrogen (secondary N) is 1. The molecule has 1 atom stereocenters. The van der Waals surface area contributed by atoms with Crippen LogP contribution in [0.2, 0.25) is 0 Å². The second-order valence-corrected chi connectivity index (χ2v) is 6.38. The lowest BCUT2D eigenvalue weighted by molar-refractivity contribution is -0.0265. The van der Waals surface area contributed by atoms with Crippen molar-refractivity contribution in [3.05, 3.63) is 30.1 Å². The SMILES string of the molecule is c1cnnc(NC[C@@H]2CN(Cc3nnc(C4CCC4)o3)CCO2)c1. The van der Waals surface area contributed by atoms with Crippen LogP contribution in [0.3, 0.4) is 0 Å². The molecule has 128 valence electrons. The van der Waals surface area contributed by atoms with E-state index < -0.39 is 0 Å². The van der Waals surface area contributed by atoms with Gasteiger partial charge in [0.1, 0.15) is 5.82 Å². The van der Waals surface area contributed by atoms with Gasteiger partial charge in [-0.2, -0.15) is 5.10 Å². The first-order valence-electron chi connectivity index (χ1n) is 8.54. The predicted molar refractivity (Wildman–Crippen MR) is 86.4 cm³/mol. The Kier molecular flexibility index (Phi) is 4.66. The van der Waals surface area contributed by atoms with E-state index in [1.807, 2.05) is 12.1 Å². The Morgan fingerprint density at radius 3 is 3.00 bits per heavy atom. The summed E-state index contributed by atoms with van der Waals surface area (Å²) in [6.45, 7) is 3.80. The molecule has 2 fully saturated rings. The van der Waals surface area contributed by atoms with Crippen molar-refractivity contribution in [1.29, 1.82) is 0 Å². The van der Waals surface area contributed by atoms with E-state index in [0.29, 0.717) is 31.5 Å². The minimum atomic E-state index is 0.106. The number of anilines is 1. The largest absolute Gasteiger partial charge is 0.424 e. The first-order chi connectivity index (χ1) is 11.9. The van der Waals surface area contributed by atoms with Gasteiger partial charge in [0.05, 0.1) is 19.3 Å². The molecule has 8 nitrogen and oxygen atoms in total. The van der Waals surface area contributed by atoms with Gasteiger partial charge in [-0.05, 0) is 25.0 Å². The molecule has 1 saturated carbocycles.